The Morgan fingerprint density at radius 3 is 2.70 bits per heavy atom. The third kappa shape index (κ3) is 3.17. The number of hydrogen-bond acceptors (Lipinski definition) is 3. The number of hydrogen-bond donors (Lipinski definition) is 1. The minimum atomic E-state index is -3.56. The van der Waals surface area contributed by atoms with E-state index >= 15 is 0 Å². The molecular weight excluding hydrogens is 296 g/mol. The van der Waals surface area contributed by atoms with Crippen LogP contribution in [0.2, 0.25) is 5.02 Å². The van der Waals surface area contributed by atoms with Crippen LogP contribution in [0.3, 0.4) is 0 Å². The molecule has 1 fully saturated rings. The fourth-order valence-electron chi connectivity index (χ4n) is 2.41. The molecule has 2 N–H and O–H groups in total. The van der Waals surface area contributed by atoms with Crippen LogP contribution in [0, 0.1) is 0 Å². The molecule has 1 heterocycles. The third-order valence-electron chi connectivity index (χ3n) is 3.66. The number of benzene rings is 1. The van der Waals surface area contributed by atoms with Gasteiger partial charge in [-0.3, -0.25) is 0 Å². The van der Waals surface area contributed by atoms with E-state index in [-0.39, 0.29) is 21.9 Å². The molecule has 1 aromatic rings. The SMILES string of the molecule is CC(C)c1ccc(Cl)c(S(=O)(=O)N2CCCC(N)C2)c1. The van der Waals surface area contributed by atoms with Crippen molar-refractivity contribution in [2.75, 3.05) is 13.1 Å². The molecule has 1 aliphatic heterocycles. The first kappa shape index (κ1) is 15.8. The van der Waals surface area contributed by atoms with Crippen molar-refractivity contribution in [3.8, 4) is 0 Å². The van der Waals surface area contributed by atoms with E-state index in [1.807, 2.05) is 19.9 Å². The second kappa shape index (κ2) is 6.02. The van der Waals surface area contributed by atoms with Gasteiger partial charge >= 0.3 is 0 Å². The summed E-state index contributed by atoms with van der Waals surface area (Å²) in [6.45, 7) is 4.93. The molecule has 1 aliphatic rings. The van der Waals surface area contributed by atoms with Crippen LogP contribution in [0.4, 0.5) is 0 Å². The molecular formula is C14H21ClN2O2S. The maximum atomic E-state index is 12.7. The van der Waals surface area contributed by atoms with Crippen molar-refractivity contribution >= 4 is 21.6 Å². The summed E-state index contributed by atoms with van der Waals surface area (Å²) in [6.07, 6.45) is 1.66. The molecule has 0 spiro atoms. The molecule has 2 rings (SSSR count). The quantitative estimate of drug-likeness (QED) is 0.932. The van der Waals surface area contributed by atoms with E-state index in [0.717, 1.165) is 18.4 Å². The van der Waals surface area contributed by atoms with Crippen molar-refractivity contribution < 1.29 is 8.42 Å². The van der Waals surface area contributed by atoms with Gasteiger partial charge in [-0.1, -0.05) is 31.5 Å². The first-order chi connectivity index (χ1) is 9.32. The fraction of sp³-hybridized carbons (Fsp3) is 0.571. The van der Waals surface area contributed by atoms with Gasteiger partial charge in [0.15, 0.2) is 0 Å². The van der Waals surface area contributed by atoms with Crippen LogP contribution >= 0.6 is 11.6 Å². The first-order valence-electron chi connectivity index (χ1n) is 6.87. The molecule has 20 heavy (non-hydrogen) atoms. The Morgan fingerprint density at radius 2 is 2.10 bits per heavy atom. The number of nitrogens with zero attached hydrogens (tertiary/aromatic N) is 1. The summed E-state index contributed by atoms with van der Waals surface area (Å²) in [6, 6.07) is 5.12. The van der Waals surface area contributed by atoms with Gasteiger partial charge < -0.3 is 5.73 Å². The molecule has 1 atom stereocenters. The number of halogens is 1. The number of piperidine rings is 1. The summed E-state index contributed by atoms with van der Waals surface area (Å²) in [5.74, 6) is 0.254. The Balaban J connectivity index is 2.40. The van der Waals surface area contributed by atoms with Crippen molar-refractivity contribution in [1.29, 1.82) is 0 Å². The van der Waals surface area contributed by atoms with E-state index in [1.54, 1.807) is 12.1 Å². The normalized spacial score (nSPS) is 21.4. The Labute approximate surface area is 126 Å². The maximum absolute atomic E-state index is 12.7. The number of rotatable bonds is 3. The van der Waals surface area contributed by atoms with Gasteiger partial charge in [0.25, 0.3) is 0 Å². The zero-order chi connectivity index (χ0) is 14.9. The van der Waals surface area contributed by atoms with Gasteiger partial charge in [-0.2, -0.15) is 4.31 Å². The van der Waals surface area contributed by atoms with Crippen LogP contribution in [-0.4, -0.2) is 31.9 Å². The summed E-state index contributed by atoms with van der Waals surface area (Å²) >= 11 is 6.10. The molecule has 1 unspecified atom stereocenters. The van der Waals surface area contributed by atoms with Crippen molar-refractivity contribution in [3.63, 3.8) is 0 Å². The second-order valence-corrected chi connectivity index (χ2v) is 7.92. The Morgan fingerprint density at radius 1 is 1.40 bits per heavy atom. The molecule has 6 heteroatoms. The lowest BCUT2D eigenvalue weighted by Gasteiger charge is -2.30. The van der Waals surface area contributed by atoms with E-state index in [2.05, 4.69) is 0 Å². The lowest BCUT2D eigenvalue weighted by Crippen LogP contribution is -2.45. The maximum Gasteiger partial charge on any atom is 0.244 e. The summed E-state index contributed by atoms with van der Waals surface area (Å²) in [7, 11) is -3.56. The average Bonchev–Trinajstić information content (AvgIpc) is 2.38. The summed E-state index contributed by atoms with van der Waals surface area (Å²) in [4.78, 5) is 0.194. The van der Waals surface area contributed by atoms with E-state index in [9.17, 15) is 8.42 Å². The molecule has 4 nitrogen and oxygen atoms in total. The fourth-order valence-corrected chi connectivity index (χ4v) is 4.45. The summed E-state index contributed by atoms with van der Waals surface area (Å²) < 4.78 is 26.9. The Bertz CT molecular complexity index is 587. The van der Waals surface area contributed by atoms with E-state index in [4.69, 9.17) is 17.3 Å². The largest absolute Gasteiger partial charge is 0.327 e. The van der Waals surface area contributed by atoms with Crippen LogP contribution in [0.5, 0.6) is 0 Å². The highest BCUT2D eigenvalue weighted by atomic mass is 35.5. The van der Waals surface area contributed by atoms with E-state index < -0.39 is 10.0 Å². The number of nitrogens with two attached hydrogens (primary N) is 1. The molecule has 0 aliphatic carbocycles. The van der Waals surface area contributed by atoms with Crippen LogP contribution in [0.15, 0.2) is 23.1 Å². The summed E-state index contributed by atoms with van der Waals surface area (Å²) in [5.41, 5.74) is 6.84. The highest BCUT2D eigenvalue weighted by Crippen LogP contribution is 2.29. The van der Waals surface area contributed by atoms with Crippen LogP contribution < -0.4 is 5.73 Å². The van der Waals surface area contributed by atoms with E-state index in [0.29, 0.717) is 13.1 Å². The lowest BCUT2D eigenvalue weighted by molar-refractivity contribution is 0.316. The monoisotopic (exact) mass is 316 g/mol. The second-order valence-electron chi connectivity index (χ2n) is 5.61. The molecule has 0 aromatic heterocycles. The molecule has 0 amide bonds. The third-order valence-corrected chi connectivity index (χ3v) is 6.01. The van der Waals surface area contributed by atoms with Gasteiger partial charge in [-0.25, -0.2) is 8.42 Å². The molecule has 1 saturated heterocycles. The molecule has 0 radical (unpaired) electrons. The van der Waals surface area contributed by atoms with Crippen LogP contribution in [0.25, 0.3) is 0 Å². The van der Waals surface area contributed by atoms with Gasteiger partial charge in [0, 0.05) is 19.1 Å². The van der Waals surface area contributed by atoms with Gasteiger partial charge in [0.05, 0.1) is 5.02 Å². The smallest absolute Gasteiger partial charge is 0.244 e. The number of sulfonamides is 1. The lowest BCUT2D eigenvalue weighted by atomic mass is 10.0. The highest BCUT2D eigenvalue weighted by molar-refractivity contribution is 7.89. The minimum absolute atomic E-state index is 0.0921. The Kier molecular flexibility index (Phi) is 4.74. The van der Waals surface area contributed by atoms with Crippen molar-refractivity contribution in [3.05, 3.63) is 28.8 Å². The van der Waals surface area contributed by atoms with Crippen LogP contribution in [0.1, 0.15) is 38.2 Å². The minimum Gasteiger partial charge on any atom is -0.327 e. The highest BCUT2D eigenvalue weighted by Gasteiger charge is 2.30. The molecule has 1 aromatic carbocycles. The molecule has 0 bridgehead atoms. The standard InChI is InChI=1S/C14H21ClN2O2S/c1-10(2)11-5-6-13(15)14(8-11)20(18,19)17-7-3-4-12(16)9-17/h5-6,8,10,12H,3-4,7,9,16H2,1-2H3. The van der Waals surface area contributed by atoms with Gasteiger partial charge in [-0.15, -0.1) is 0 Å². The average molecular weight is 317 g/mol. The zero-order valence-electron chi connectivity index (χ0n) is 11.8. The predicted molar refractivity (Wildman–Crippen MR) is 81.5 cm³/mol. The van der Waals surface area contributed by atoms with Gasteiger partial charge in [0.1, 0.15) is 4.90 Å². The molecule has 0 saturated carbocycles. The predicted octanol–water partition coefficient (Wildman–Crippen LogP) is 2.58. The van der Waals surface area contributed by atoms with E-state index in [1.165, 1.54) is 4.31 Å². The topological polar surface area (TPSA) is 63.4 Å². The summed E-state index contributed by atoms with van der Waals surface area (Å²) in [5, 5.41) is 0.272. The Hall–Kier alpha value is -0.620. The van der Waals surface area contributed by atoms with Crippen molar-refractivity contribution in [2.24, 2.45) is 5.73 Å². The molecule has 112 valence electrons. The zero-order valence-corrected chi connectivity index (χ0v) is 13.4. The van der Waals surface area contributed by atoms with Crippen molar-refractivity contribution in [1.82, 2.24) is 4.31 Å². The van der Waals surface area contributed by atoms with Crippen LogP contribution in [-0.2, 0) is 10.0 Å². The van der Waals surface area contributed by atoms with Gasteiger partial charge in [0.2, 0.25) is 10.0 Å². The van der Waals surface area contributed by atoms with Crippen molar-refractivity contribution in [2.45, 2.75) is 43.5 Å². The van der Waals surface area contributed by atoms with Gasteiger partial charge in [-0.05, 0) is 36.5 Å². The first-order valence-corrected chi connectivity index (χ1v) is 8.69.